The smallest absolute Gasteiger partial charge is 0.341 e. The van der Waals surface area contributed by atoms with E-state index in [-0.39, 0.29) is 11.9 Å². The van der Waals surface area contributed by atoms with E-state index in [1.165, 1.54) is 23.3 Å². The molecule has 6 heteroatoms. The van der Waals surface area contributed by atoms with Gasteiger partial charge in [-0.15, -0.1) is 11.3 Å². The van der Waals surface area contributed by atoms with Gasteiger partial charge in [-0.3, -0.25) is 4.79 Å². The monoisotopic (exact) mass is 407 g/mol. The molecule has 1 aromatic heterocycles. The number of ether oxygens (including phenoxy) is 1. The molecule has 1 atom stereocenters. The molecule has 1 aromatic carbocycles. The van der Waals surface area contributed by atoms with Crippen molar-refractivity contribution < 1.29 is 14.3 Å². The summed E-state index contributed by atoms with van der Waals surface area (Å²) in [4.78, 5) is 25.9. The Morgan fingerprint density at radius 3 is 2.67 bits per heavy atom. The maximum absolute atomic E-state index is 12.5. The highest BCUT2D eigenvalue weighted by atomic mass is 79.9. The predicted octanol–water partition coefficient (Wildman–Crippen LogP) is 4.67. The summed E-state index contributed by atoms with van der Waals surface area (Å²) < 4.78 is 5.85. The summed E-state index contributed by atoms with van der Waals surface area (Å²) in [6.07, 6.45) is 2.84. The number of esters is 1. The molecule has 0 saturated carbocycles. The Bertz CT molecular complexity index is 782. The van der Waals surface area contributed by atoms with Crippen LogP contribution in [0.25, 0.3) is 0 Å². The van der Waals surface area contributed by atoms with E-state index in [2.05, 4.69) is 28.2 Å². The number of nitrogens with one attached hydrogen (secondary N) is 1. The number of halogens is 1. The van der Waals surface area contributed by atoms with Crippen LogP contribution in [0, 0.1) is 5.92 Å². The van der Waals surface area contributed by atoms with Crippen molar-refractivity contribution in [3.05, 3.63) is 50.3 Å². The SMILES string of the molecule is COC(=O)c1c(NC(=O)c2ccc(Br)cc2)sc2c1CC[C@H](C)C2. The maximum Gasteiger partial charge on any atom is 0.341 e. The second-order valence-corrected chi connectivity index (χ2v) is 8.03. The van der Waals surface area contributed by atoms with Crippen LogP contribution in [-0.4, -0.2) is 19.0 Å². The van der Waals surface area contributed by atoms with Crippen molar-refractivity contribution in [3.8, 4) is 0 Å². The van der Waals surface area contributed by atoms with Crippen molar-refractivity contribution in [2.75, 3.05) is 12.4 Å². The molecule has 3 rings (SSSR count). The number of hydrogen-bond acceptors (Lipinski definition) is 4. The minimum Gasteiger partial charge on any atom is -0.465 e. The van der Waals surface area contributed by atoms with E-state index >= 15 is 0 Å². The first-order chi connectivity index (χ1) is 11.5. The van der Waals surface area contributed by atoms with Crippen LogP contribution in [0.15, 0.2) is 28.7 Å². The molecule has 0 radical (unpaired) electrons. The fraction of sp³-hybridized carbons (Fsp3) is 0.333. The fourth-order valence-electron chi connectivity index (χ4n) is 2.93. The molecule has 0 unspecified atom stereocenters. The number of benzene rings is 1. The van der Waals surface area contributed by atoms with Crippen LogP contribution in [0.2, 0.25) is 0 Å². The summed E-state index contributed by atoms with van der Waals surface area (Å²) >= 11 is 4.85. The second-order valence-electron chi connectivity index (χ2n) is 6.01. The van der Waals surface area contributed by atoms with Gasteiger partial charge in [0.25, 0.3) is 5.91 Å². The number of anilines is 1. The number of carbonyl (C=O) groups excluding carboxylic acids is 2. The molecule has 1 aliphatic rings. The Balaban J connectivity index is 1.93. The van der Waals surface area contributed by atoms with E-state index < -0.39 is 0 Å². The molecule has 1 heterocycles. The van der Waals surface area contributed by atoms with Gasteiger partial charge in [0.2, 0.25) is 0 Å². The van der Waals surface area contributed by atoms with Crippen LogP contribution in [0.4, 0.5) is 5.00 Å². The van der Waals surface area contributed by atoms with Gasteiger partial charge in [-0.05, 0) is 55.0 Å². The van der Waals surface area contributed by atoms with Gasteiger partial charge in [-0.25, -0.2) is 4.79 Å². The number of fused-ring (bicyclic) bond motifs is 1. The highest BCUT2D eigenvalue weighted by molar-refractivity contribution is 9.10. The molecular formula is C18H18BrNO3S. The summed E-state index contributed by atoms with van der Waals surface area (Å²) in [5.74, 6) is -0.0101. The molecule has 126 valence electrons. The maximum atomic E-state index is 12.5. The van der Waals surface area contributed by atoms with E-state index in [1.807, 2.05) is 12.1 Å². The first-order valence-corrected chi connectivity index (χ1v) is 9.40. The predicted molar refractivity (Wildman–Crippen MR) is 98.9 cm³/mol. The Morgan fingerprint density at radius 2 is 2.00 bits per heavy atom. The molecule has 0 saturated heterocycles. The number of methoxy groups -OCH3 is 1. The molecule has 0 spiro atoms. The van der Waals surface area contributed by atoms with Gasteiger partial charge in [0, 0.05) is 14.9 Å². The van der Waals surface area contributed by atoms with Crippen LogP contribution in [0.1, 0.15) is 44.5 Å². The lowest BCUT2D eigenvalue weighted by Crippen LogP contribution is -2.16. The van der Waals surface area contributed by atoms with Crippen molar-refractivity contribution in [1.82, 2.24) is 0 Å². The van der Waals surface area contributed by atoms with E-state index in [9.17, 15) is 9.59 Å². The van der Waals surface area contributed by atoms with Gasteiger partial charge in [0.15, 0.2) is 0 Å². The highest BCUT2D eigenvalue weighted by Crippen LogP contribution is 2.40. The summed E-state index contributed by atoms with van der Waals surface area (Å²) in [5, 5.41) is 3.49. The van der Waals surface area contributed by atoms with E-state index in [0.717, 1.165) is 29.3 Å². The number of amides is 1. The summed E-state index contributed by atoms with van der Waals surface area (Å²) in [6, 6.07) is 7.12. The fourth-order valence-corrected chi connectivity index (χ4v) is 4.59. The third-order valence-electron chi connectivity index (χ3n) is 4.23. The molecule has 24 heavy (non-hydrogen) atoms. The van der Waals surface area contributed by atoms with Gasteiger partial charge in [-0.2, -0.15) is 0 Å². The Hall–Kier alpha value is -1.66. The lowest BCUT2D eigenvalue weighted by Gasteiger charge is -2.18. The van der Waals surface area contributed by atoms with E-state index in [0.29, 0.717) is 22.0 Å². The zero-order valence-electron chi connectivity index (χ0n) is 13.5. The Morgan fingerprint density at radius 1 is 1.29 bits per heavy atom. The molecule has 2 aromatic rings. The van der Waals surface area contributed by atoms with Gasteiger partial charge in [-0.1, -0.05) is 22.9 Å². The molecule has 1 N–H and O–H groups in total. The van der Waals surface area contributed by atoms with Crippen LogP contribution in [0.5, 0.6) is 0 Å². The molecule has 0 bridgehead atoms. The topological polar surface area (TPSA) is 55.4 Å². The first kappa shape index (κ1) is 17.2. The van der Waals surface area contributed by atoms with Crippen LogP contribution < -0.4 is 5.32 Å². The van der Waals surface area contributed by atoms with Crippen LogP contribution >= 0.6 is 27.3 Å². The van der Waals surface area contributed by atoms with Crippen molar-refractivity contribution in [2.45, 2.75) is 26.2 Å². The average Bonchev–Trinajstić information content (AvgIpc) is 2.91. The first-order valence-electron chi connectivity index (χ1n) is 7.79. The standard InChI is InChI=1S/C18H18BrNO3S/c1-10-3-8-13-14(9-10)24-17(15(13)18(22)23-2)20-16(21)11-4-6-12(19)7-5-11/h4-7,10H,3,8-9H2,1-2H3,(H,20,21)/t10-/m0/s1. The van der Waals surface area contributed by atoms with Crippen molar-refractivity contribution in [2.24, 2.45) is 5.92 Å². The lowest BCUT2D eigenvalue weighted by molar-refractivity contribution is 0.0601. The lowest BCUT2D eigenvalue weighted by atomic mass is 9.88. The quantitative estimate of drug-likeness (QED) is 0.751. The normalized spacial score (nSPS) is 16.4. The summed E-state index contributed by atoms with van der Waals surface area (Å²) in [7, 11) is 1.37. The number of thiophene rings is 1. The highest BCUT2D eigenvalue weighted by Gasteiger charge is 2.29. The average molecular weight is 408 g/mol. The molecule has 1 amide bonds. The molecular weight excluding hydrogens is 390 g/mol. The number of rotatable bonds is 3. The van der Waals surface area contributed by atoms with Gasteiger partial charge in [0.05, 0.1) is 12.7 Å². The van der Waals surface area contributed by atoms with Gasteiger partial charge in [0.1, 0.15) is 5.00 Å². The third-order valence-corrected chi connectivity index (χ3v) is 5.93. The zero-order chi connectivity index (χ0) is 17.3. The summed E-state index contributed by atoms with van der Waals surface area (Å²) in [5.41, 5.74) is 2.11. The third kappa shape index (κ3) is 3.39. The van der Waals surface area contributed by atoms with Crippen molar-refractivity contribution >= 4 is 44.1 Å². The van der Waals surface area contributed by atoms with Crippen molar-refractivity contribution in [3.63, 3.8) is 0 Å². The Kier molecular flexibility index (Phi) is 5.06. The number of hydrogen-bond donors (Lipinski definition) is 1. The van der Waals surface area contributed by atoms with Crippen LogP contribution in [0.3, 0.4) is 0 Å². The van der Waals surface area contributed by atoms with E-state index in [4.69, 9.17) is 4.74 Å². The minimum atomic E-state index is -0.381. The van der Waals surface area contributed by atoms with Gasteiger partial charge >= 0.3 is 5.97 Å². The van der Waals surface area contributed by atoms with Crippen molar-refractivity contribution in [1.29, 1.82) is 0 Å². The number of carbonyl (C=O) groups is 2. The molecule has 0 fully saturated rings. The van der Waals surface area contributed by atoms with Gasteiger partial charge < -0.3 is 10.1 Å². The van der Waals surface area contributed by atoms with E-state index in [1.54, 1.807) is 12.1 Å². The zero-order valence-corrected chi connectivity index (χ0v) is 15.9. The Labute approximate surface area is 153 Å². The molecule has 1 aliphatic carbocycles. The van der Waals surface area contributed by atoms with Crippen LogP contribution in [-0.2, 0) is 17.6 Å². The second kappa shape index (κ2) is 7.07. The molecule has 0 aliphatic heterocycles. The summed E-state index contributed by atoms with van der Waals surface area (Å²) in [6.45, 7) is 2.21. The molecule has 4 nitrogen and oxygen atoms in total. The largest absolute Gasteiger partial charge is 0.465 e. The minimum absolute atomic E-state index is 0.223.